The lowest BCUT2D eigenvalue weighted by molar-refractivity contribution is -0.296. The van der Waals surface area contributed by atoms with Crippen molar-refractivity contribution in [2.45, 2.75) is 76.5 Å². The van der Waals surface area contributed by atoms with Crippen molar-refractivity contribution >= 4 is 17.1 Å². The van der Waals surface area contributed by atoms with Crippen LogP contribution in [0, 0.1) is 5.92 Å². The van der Waals surface area contributed by atoms with Crippen LogP contribution in [0.1, 0.15) is 32.6 Å². The third-order valence-corrected chi connectivity index (χ3v) is 8.53. The largest absolute Gasteiger partial charge is 0.500 e. The summed E-state index contributed by atoms with van der Waals surface area (Å²) in [5.74, 6) is -4.68. The summed E-state index contributed by atoms with van der Waals surface area (Å²) in [7, 11) is 0.145. The van der Waals surface area contributed by atoms with Gasteiger partial charge in [-0.25, -0.2) is 0 Å². The molecule has 0 radical (unpaired) electrons. The zero-order valence-corrected chi connectivity index (χ0v) is 21.0. The maximum atomic E-state index is 12.9. The van der Waals surface area contributed by atoms with Gasteiger partial charge in [0.25, 0.3) is 0 Å². The summed E-state index contributed by atoms with van der Waals surface area (Å²) in [6, 6.07) is 0.649. The van der Waals surface area contributed by atoms with Gasteiger partial charge in [0.05, 0.1) is 0 Å². The van der Waals surface area contributed by atoms with Crippen molar-refractivity contribution in [1.29, 1.82) is 0 Å². The van der Waals surface area contributed by atoms with Crippen LogP contribution < -0.4 is 0 Å². The lowest BCUT2D eigenvalue weighted by atomic mass is 9.96. The second kappa shape index (κ2) is 12.8. The second-order valence-corrected chi connectivity index (χ2v) is 15.9. The van der Waals surface area contributed by atoms with Crippen LogP contribution in [0.4, 0.5) is 22.0 Å². The zero-order chi connectivity index (χ0) is 23.6. The molecule has 0 spiro atoms. The van der Waals surface area contributed by atoms with Gasteiger partial charge in [0.15, 0.2) is 8.32 Å². The first kappa shape index (κ1) is 29.9. The second-order valence-electron chi connectivity index (χ2n) is 8.33. The predicted molar refractivity (Wildman–Crippen MR) is 109 cm³/mol. The SMILES string of the molecule is CO[Si](CCCC(C)C(CCCOCC(F)(F)C(F)(F)F)O[Si](C)(C)C)(OC)OC. The van der Waals surface area contributed by atoms with Gasteiger partial charge in [0, 0.05) is 40.1 Å². The molecule has 0 saturated carbocycles. The lowest BCUT2D eigenvalue weighted by Gasteiger charge is -2.32. The Balaban J connectivity index is 4.63. The van der Waals surface area contributed by atoms with Gasteiger partial charge in [-0.3, -0.25) is 0 Å². The minimum atomic E-state index is -5.60. The van der Waals surface area contributed by atoms with Gasteiger partial charge in [0.1, 0.15) is 6.61 Å². The Hall–Kier alpha value is -0.116. The number of rotatable bonds is 16. The summed E-state index contributed by atoms with van der Waals surface area (Å²) in [5.41, 5.74) is 0. The molecule has 0 rings (SSSR count). The van der Waals surface area contributed by atoms with E-state index < -0.39 is 35.8 Å². The van der Waals surface area contributed by atoms with Crippen LogP contribution in [0.25, 0.3) is 0 Å². The molecule has 0 heterocycles. The van der Waals surface area contributed by atoms with Crippen LogP contribution in [-0.4, -0.2) is 69.9 Å². The zero-order valence-electron chi connectivity index (χ0n) is 19.0. The van der Waals surface area contributed by atoms with Crippen molar-refractivity contribution in [3.05, 3.63) is 0 Å². The highest BCUT2D eigenvalue weighted by molar-refractivity contribution is 6.69. The standard InChI is InChI=1S/C18H37F5O5Si2/c1-15(10-9-13-30(24-2,25-3)26-4)16(28-29(5,6)7)11-8-12-27-14-17(19,20)18(21,22)23/h15-16H,8-14H2,1-7H3. The van der Waals surface area contributed by atoms with Gasteiger partial charge in [-0.05, 0) is 51.2 Å². The van der Waals surface area contributed by atoms with E-state index >= 15 is 0 Å². The number of alkyl halides is 5. The van der Waals surface area contributed by atoms with E-state index in [0.29, 0.717) is 18.9 Å². The van der Waals surface area contributed by atoms with Crippen LogP contribution in [0.3, 0.4) is 0 Å². The molecule has 0 aromatic rings. The summed E-state index contributed by atoms with van der Waals surface area (Å²) < 4.78 is 89.4. The summed E-state index contributed by atoms with van der Waals surface area (Å²) in [6.45, 7) is 6.34. The maximum absolute atomic E-state index is 12.9. The molecule has 182 valence electrons. The average Bonchev–Trinajstić information content (AvgIpc) is 2.62. The Morgan fingerprint density at radius 1 is 0.833 bits per heavy atom. The van der Waals surface area contributed by atoms with Gasteiger partial charge in [-0.15, -0.1) is 0 Å². The molecule has 0 aliphatic carbocycles. The van der Waals surface area contributed by atoms with Crippen LogP contribution in [0.15, 0.2) is 0 Å². The van der Waals surface area contributed by atoms with E-state index in [2.05, 4.69) is 4.74 Å². The van der Waals surface area contributed by atoms with Gasteiger partial charge in [0.2, 0.25) is 0 Å². The molecule has 0 aliphatic heterocycles. The minimum Gasteiger partial charge on any atom is -0.414 e. The molecule has 0 fully saturated rings. The number of hydrogen-bond donors (Lipinski definition) is 0. The fourth-order valence-electron chi connectivity index (χ4n) is 2.97. The fraction of sp³-hybridized carbons (Fsp3) is 1.00. The molecule has 12 heteroatoms. The Bertz CT molecular complexity index is 463. The van der Waals surface area contributed by atoms with Gasteiger partial charge >= 0.3 is 20.9 Å². The van der Waals surface area contributed by atoms with E-state index in [4.69, 9.17) is 17.7 Å². The van der Waals surface area contributed by atoms with Crippen molar-refractivity contribution in [1.82, 2.24) is 0 Å². The molecule has 0 aromatic carbocycles. The highest BCUT2D eigenvalue weighted by atomic mass is 28.4. The van der Waals surface area contributed by atoms with Gasteiger partial charge < -0.3 is 22.4 Å². The maximum Gasteiger partial charge on any atom is 0.500 e. The molecule has 0 aromatic heterocycles. The Kier molecular flexibility index (Phi) is 12.8. The molecule has 0 N–H and O–H groups in total. The van der Waals surface area contributed by atoms with E-state index in [0.717, 1.165) is 12.8 Å². The Labute approximate surface area is 179 Å². The molecule has 0 aliphatic rings. The minimum absolute atomic E-state index is 0.132. The molecule has 0 saturated heterocycles. The van der Waals surface area contributed by atoms with Crippen molar-refractivity contribution in [3.8, 4) is 0 Å². The first-order chi connectivity index (χ1) is 13.6. The smallest absolute Gasteiger partial charge is 0.414 e. The number of ether oxygens (including phenoxy) is 1. The number of hydrogen-bond acceptors (Lipinski definition) is 5. The first-order valence-electron chi connectivity index (χ1n) is 9.98. The molecular formula is C18H37F5O5Si2. The quantitative estimate of drug-likeness (QED) is 0.165. The average molecular weight is 485 g/mol. The Morgan fingerprint density at radius 2 is 1.37 bits per heavy atom. The highest BCUT2D eigenvalue weighted by Crippen LogP contribution is 2.35. The molecule has 5 nitrogen and oxygen atoms in total. The van der Waals surface area contributed by atoms with Crippen LogP contribution in [0.2, 0.25) is 25.7 Å². The van der Waals surface area contributed by atoms with Crippen LogP contribution >= 0.6 is 0 Å². The molecule has 2 atom stereocenters. The summed E-state index contributed by atoms with van der Waals surface area (Å²) in [4.78, 5) is 0. The molecule has 0 amide bonds. The summed E-state index contributed by atoms with van der Waals surface area (Å²) in [5, 5.41) is 0. The van der Waals surface area contributed by atoms with Crippen molar-refractivity contribution in [2.75, 3.05) is 34.5 Å². The lowest BCUT2D eigenvalue weighted by Crippen LogP contribution is -2.42. The summed E-state index contributed by atoms with van der Waals surface area (Å²) in [6.07, 6.45) is -3.27. The number of halogens is 5. The molecule has 2 unspecified atom stereocenters. The van der Waals surface area contributed by atoms with E-state index in [1.54, 1.807) is 21.3 Å². The van der Waals surface area contributed by atoms with Crippen molar-refractivity contribution < 1.29 is 44.4 Å². The van der Waals surface area contributed by atoms with E-state index in [9.17, 15) is 22.0 Å². The van der Waals surface area contributed by atoms with Crippen LogP contribution in [0.5, 0.6) is 0 Å². The first-order valence-corrected chi connectivity index (χ1v) is 15.3. The highest BCUT2D eigenvalue weighted by Gasteiger charge is 2.57. The summed E-state index contributed by atoms with van der Waals surface area (Å²) >= 11 is 0. The molecule has 0 bridgehead atoms. The van der Waals surface area contributed by atoms with E-state index in [1.165, 1.54) is 0 Å². The predicted octanol–water partition coefficient (Wildman–Crippen LogP) is 5.50. The van der Waals surface area contributed by atoms with Crippen molar-refractivity contribution in [2.24, 2.45) is 5.92 Å². The molecular weight excluding hydrogens is 447 g/mol. The molecule has 30 heavy (non-hydrogen) atoms. The monoisotopic (exact) mass is 484 g/mol. The van der Waals surface area contributed by atoms with E-state index in [1.807, 2.05) is 26.6 Å². The van der Waals surface area contributed by atoms with E-state index in [-0.39, 0.29) is 18.6 Å². The third-order valence-electron chi connectivity index (χ3n) is 4.69. The van der Waals surface area contributed by atoms with Gasteiger partial charge in [-0.1, -0.05) is 6.92 Å². The normalized spacial score (nSPS) is 16.0. The third kappa shape index (κ3) is 11.0. The van der Waals surface area contributed by atoms with Crippen molar-refractivity contribution in [3.63, 3.8) is 0 Å². The van der Waals surface area contributed by atoms with Gasteiger partial charge in [-0.2, -0.15) is 22.0 Å². The topological polar surface area (TPSA) is 46.2 Å². The van der Waals surface area contributed by atoms with Crippen LogP contribution in [-0.2, 0) is 22.4 Å². The fourth-order valence-corrected chi connectivity index (χ4v) is 5.97. The Morgan fingerprint density at radius 3 is 1.80 bits per heavy atom.